The molecule has 1 heteroatoms. The maximum absolute atomic E-state index is 2.68. The van der Waals surface area contributed by atoms with E-state index in [-0.39, 0.29) is 0 Å². The zero-order valence-electron chi connectivity index (χ0n) is 9.23. The normalized spacial score (nSPS) is 46.4. The molecule has 1 heterocycles. The van der Waals surface area contributed by atoms with E-state index in [4.69, 9.17) is 0 Å². The fraction of sp³-hybridized carbons (Fsp3) is 0.714. The summed E-state index contributed by atoms with van der Waals surface area (Å²) in [5.74, 6) is 3.72. The predicted octanol–water partition coefficient (Wildman–Crippen LogP) is 2.81. The van der Waals surface area contributed by atoms with Gasteiger partial charge in [0.25, 0.3) is 0 Å². The molecule has 15 heavy (non-hydrogen) atoms. The first-order chi connectivity index (χ1) is 7.43. The van der Waals surface area contributed by atoms with Crippen molar-refractivity contribution in [1.29, 1.82) is 0 Å². The van der Waals surface area contributed by atoms with E-state index in [0.717, 1.165) is 23.7 Å². The summed E-state index contributed by atoms with van der Waals surface area (Å²) in [6.45, 7) is 2.67. The van der Waals surface area contributed by atoms with Gasteiger partial charge in [0.2, 0.25) is 0 Å². The van der Waals surface area contributed by atoms with Gasteiger partial charge in [-0.3, -0.25) is 0 Å². The van der Waals surface area contributed by atoms with E-state index < -0.39 is 0 Å². The van der Waals surface area contributed by atoms with Gasteiger partial charge in [0.15, 0.2) is 0 Å². The molecule has 2 bridgehead atoms. The summed E-state index contributed by atoms with van der Waals surface area (Å²) in [4.78, 5) is 2.68. The van der Waals surface area contributed by atoms with Crippen LogP contribution in [0.15, 0.2) is 23.9 Å². The molecular formula is C14H19N. The van der Waals surface area contributed by atoms with Crippen LogP contribution in [0.2, 0.25) is 0 Å². The predicted molar refractivity (Wildman–Crippen MR) is 61.2 cm³/mol. The Labute approximate surface area is 91.8 Å². The standard InChI is InChI=1S/C14H19N/c1-2-7-15(6-1)14-9-10-8-13(14)12-5-3-4-11(10)12/h3-4,9-13H,1-2,5-8H2/t10-,11-,12-,13+/m1/s1. The summed E-state index contributed by atoms with van der Waals surface area (Å²) < 4.78 is 0. The molecule has 0 aromatic carbocycles. The Bertz CT molecular complexity index is 335. The summed E-state index contributed by atoms with van der Waals surface area (Å²) >= 11 is 0. The van der Waals surface area contributed by atoms with Crippen LogP contribution in [0.5, 0.6) is 0 Å². The molecule has 4 aliphatic rings. The molecule has 1 saturated heterocycles. The van der Waals surface area contributed by atoms with Crippen molar-refractivity contribution in [3.8, 4) is 0 Å². The van der Waals surface area contributed by atoms with Gasteiger partial charge in [0.05, 0.1) is 0 Å². The summed E-state index contributed by atoms with van der Waals surface area (Å²) in [7, 11) is 0. The third-order valence-electron chi connectivity index (χ3n) is 5.03. The molecule has 1 saturated carbocycles. The summed E-state index contributed by atoms with van der Waals surface area (Å²) in [5, 5.41) is 0. The lowest BCUT2D eigenvalue weighted by Crippen LogP contribution is -2.28. The van der Waals surface area contributed by atoms with Gasteiger partial charge < -0.3 is 4.90 Å². The van der Waals surface area contributed by atoms with Gasteiger partial charge in [-0.25, -0.2) is 0 Å². The van der Waals surface area contributed by atoms with E-state index in [1.807, 2.05) is 0 Å². The topological polar surface area (TPSA) is 3.24 Å². The van der Waals surface area contributed by atoms with Gasteiger partial charge in [-0.15, -0.1) is 0 Å². The van der Waals surface area contributed by atoms with Gasteiger partial charge >= 0.3 is 0 Å². The smallest absolute Gasteiger partial charge is 0.0175 e. The first-order valence-electron chi connectivity index (χ1n) is 6.57. The van der Waals surface area contributed by atoms with Crippen LogP contribution in [0.4, 0.5) is 0 Å². The molecule has 0 N–H and O–H groups in total. The van der Waals surface area contributed by atoms with Crippen LogP contribution in [-0.4, -0.2) is 18.0 Å². The molecule has 4 atom stereocenters. The molecule has 0 amide bonds. The Morgan fingerprint density at radius 3 is 2.93 bits per heavy atom. The average molecular weight is 201 g/mol. The Morgan fingerprint density at radius 1 is 1.20 bits per heavy atom. The molecule has 0 aromatic rings. The minimum Gasteiger partial charge on any atom is -0.375 e. The molecule has 0 spiro atoms. The number of nitrogens with zero attached hydrogens (tertiary/aromatic N) is 1. The van der Waals surface area contributed by atoms with Crippen LogP contribution in [0.1, 0.15) is 25.7 Å². The second-order valence-corrected chi connectivity index (χ2v) is 5.70. The Balaban J connectivity index is 1.63. The van der Waals surface area contributed by atoms with E-state index in [1.165, 1.54) is 38.8 Å². The summed E-state index contributed by atoms with van der Waals surface area (Å²) in [6, 6.07) is 0. The number of fused-ring (bicyclic) bond motifs is 5. The second-order valence-electron chi connectivity index (χ2n) is 5.70. The number of rotatable bonds is 1. The van der Waals surface area contributed by atoms with Gasteiger partial charge in [-0.2, -0.15) is 0 Å². The van der Waals surface area contributed by atoms with E-state index in [0.29, 0.717) is 0 Å². The SMILES string of the molecule is C1=C[C@H]2[C@@H](C1)[C@@H]1C[C@@H]2C=C1N1CCCC1. The second kappa shape index (κ2) is 2.90. The lowest BCUT2D eigenvalue weighted by Gasteiger charge is -2.31. The maximum atomic E-state index is 2.68. The van der Waals surface area contributed by atoms with Gasteiger partial charge in [0, 0.05) is 24.7 Å². The molecule has 4 rings (SSSR count). The lowest BCUT2D eigenvalue weighted by atomic mass is 9.83. The molecule has 80 valence electrons. The van der Waals surface area contributed by atoms with E-state index in [9.17, 15) is 0 Å². The van der Waals surface area contributed by atoms with Crippen LogP contribution in [0.25, 0.3) is 0 Å². The summed E-state index contributed by atoms with van der Waals surface area (Å²) in [6.07, 6.45) is 13.2. The van der Waals surface area contributed by atoms with Crippen LogP contribution < -0.4 is 0 Å². The van der Waals surface area contributed by atoms with Crippen molar-refractivity contribution in [3.63, 3.8) is 0 Å². The monoisotopic (exact) mass is 201 g/mol. The number of hydrogen-bond donors (Lipinski definition) is 0. The molecule has 0 unspecified atom stereocenters. The van der Waals surface area contributed by atoms with Crippen LogP contribution in [0, 0.1) is 23.7 Å². The molecule has 0 aromatic heterocycles. The molecule has 1 aliphatic heterocycles. The average Bonchev–Trinajstić information content (AvgIpc) is 3.02. The van der Waals surface area contributed by atoms with Crippen LogP contribution >= 0.6 is 0 Å². The Morgan fingerprint density at radius 2 is 2.07 bits per heavy atom. The lowest BCUT2D eigenvalue weighted by molar-refractivity contribution is 0.297. The van der Waals surface area contributed by atoms with Crippen molar-refractivity contribution in [2.75, 3.05) is 13.1 Å². The van der Waals surface area contributed by atoms with Crippen molar-refractivity contribution in [2.24, 2.45) is 23.7 Å². The van der Waals surface area contributed by atoms with Crippen LogP contribution in [-0.2, 0) is 0 Å². The fourth-order valence-corrected chi connectivity index (χ4v) is 4.39. The summed E-state index contributed by atoms with van der Waals surface area (Å²) in [5.41, 5.74) is 1.74. The van der Waals surface area contributed by atoms with E-state index >= 15 is 0 Å². The van der Waals surface area contributed by atoms with Crippen molar-refractivity contribution in [1.82, 2.24) is 4.90 Å². The number of likely N-dealkylation sites (tertiary alicyclic amines) is 1. The molecular weight excluding hydrogens is 182 g/mol. The number of allylic oxidation sites excluding steroid dienone is 4. The van der Waals surface area contributed by atoms with Crippen molar-refractivity contribution >= 4 is 0 Å². The Hall–Kier alpha value is -0.720. The minimum atomic E-state index is 0.898. The van der Waals surface area contributed by atoms with E-state index in [1.54, 1.807) is 5.70 Å². The highest BCUT2D eigenvalue weighted by atomic mass is 15.2. The van der Waals surface area contributed by atoms with E-state index in [2.05, 4.69) is 23.1 Å². The minimum absolute atomic E-state index is 0.898. The third-order valence-corrected chi connectivity index (χ3v) is 5.03. The van der Waals surface area contributed by atoms with Crippen LogP contribution in [0.3, 0.4) is 0 Å². The quantitative estimate of drug-likeness (QED) is 0.590. The molecule has 1 nitrogen and oxygen atoms in total. The largest absolute Gasteiger partial charge is 0.375 e. The third kappa shape index (κ3) is 1.04. The van der Waals surface area contributed by atoms with Crippen molar-refractivity contribution < 1.29 is 0 Å². The zero-order chi connectivity index (χ0) is 9.83. The van der Waals surface area contributed by atoms with Gasteiger partial charge in [-0.05, 0) is 43.4 Å². The maximum Gasteiger partial charge on any atom is 0.0175 e. The Kier molecular flexibility index (Phi) is 1.63. The van der Waals surface area contributed by atoms with Crippen molar-refractivity contribution in [3.05, 3.63) is 23.9 Å². The van der Waals surface area contributed by atoms with Crippen molar-refractivity contribution in [2.45, 2.75) is 25.7 Å². The highest BCUT2D eigenvalue weighted by Crippen LogP contribution is 2.56. The van der Waals surface area contributed by atoms with Gasteiger partial charge in [0.1, 0.15) is 0 Å². The molecule has 3 aliphatic carbocycles. The highest BCUT2D eigenvalue weighted by Gasteiger charge is 2.49. The molecule has 0 radical (unpaired) electrons. The first-order valence-corrected chi connectivity index (χ1v) is 6.57. The fourth-order valence-electron chi connectivity index (χ4n) is 4.39. The molecule has 2 fully saturated rings. The highest BCUT2D eigenvalue weighted by molar-refractivity contribution is 5.28. The van der Waals surface area contributed by atoms with Gasteiger partial charge in [-0.1, -0.05) is 18.2 Å². The zero-order valence-corrected chi connectivity index (χ0v) is 9.23. The first kappa shape index (κ1) is 8.43. The number of hydrogen-bond acceptors (Lipinski definition) is 1.